The van der Waals surface area contributed by atoms with Crippen LogP contribution in [0.25, 0.3) is 0 Å². The van der Waals surface area contributed by atoms with Gasteiger partial charge in [0.05, 0.1) is 0 Å². The molecule has 0 unspecified atom stereocenters. The largest absolute Gasteiger partial charge is 0.532 e. The topological polar surface area (TPSA) is 35.5 Å². The fraction of sp³-hybridized carbons (Fsp3) is 1.00. The summed E-state index contributed by atoms with van der Waals surface area (Å²) in [5, 5.41) is 0. The third kappa shape index (κ3) is 32.4. The first-order chi connectivity index (χ1) is 25.8. The summed E-state index contributed by atoms with van der Waals surface area (Å²) in [7, 11) is -8.45. The maximum Gasteiger partial charge on any atom is 0.532 e. The van der Waals surface area contributed by atoms with Crippen molar-refractivity contribution in [1.82, 2.24) is 0 Å². The smallest absolute Gasteiger partial charge is 0.233 e. The minimum Gasteiger partial charge on any atom is -0.233 e. The number of halogens is 1. The first kappa shape index (κ1) is 53.8. The van der Waals surface area contributed by atoms with Crippen molar-refractivity contribution in [2.45, 2.75) is 260 Å². The van der Waals surface area contributed by atoms with E-state index in [9.17, 15) is 4.57 Å². The molecule has 0 fully saturated rings. The molecular weight excluding hydrogens is 715 g/mol. The van der Waals surface area contributed by atoms with Crippen molar-refractivity contribution >= 4 is 28.5 Å². The van der Waals surface area contributed by atoms with E-state index in [1.807, 2.05) is 0 Å². The highest BCUT2D eigenvalue weighted by Gasteiger charge is 2.42. The lowest BCUT2D eigenvalue weighted by Gasteiger charge is -2.44. The fourth-order valence-corrected chi connectivity index (χ4v) is 18.5. The van der Waals surface area contributed by atoms with Crippen LogP contribution < -0.4 is 0 Å². The van der Waals surface area contributed by atoms with E-state index in [4.69, 9.17) is 7.94 Å². The van der Waals surface area contributed by atoms with Gasteiger partial charge in [0.2, 0.25) is 0 Å². The van der Waals surface area contributed by atoms with Gasteiger partial charge >= 0.3 is 7.91 Å². The Morgan fingerprint density at radius 1 is 0.302 bits per heavy atom. The summed E-state index contributed by atoms with van der Waals surface area (Å²) in [6.07, 6.45) is 41.1. The van der Waals surface area contributed by atoms with Crippen molar-refractivity contribution in [3.05, 3.63) is 0 Å². The van der Waals surface area contributed by atoms with Gasteiger partial charge in [-0.1, -0.05) is 221 Å². The van der Waals surface area contributed by atoms with Gasteiger partial charge in [-0.15, -0.1) is 24.8 Å². The first-order valence-electron chi connectivity index (χ1n) is 24.0. The highest BCUT2D eigenvalue weighted by Crippen LogP contribution is 2.73. The third-order valence-corrected chi connectivity index (χ3v) is 21.4. The van der Waals surface area contributed by atoms with Gasteiger partial charge in [-0.25, -0.2) is 12.5 Å². The summed E-state index contributed by atoms with van der Waals surface area (Å²) in [4.78, 5) is 0. The van der Waals surface area contributed by atoms with Crippen molar-refractivity contribution < 1.29 is 16.7 Å². The van der Waals surface area contributed by atoms with Gasteiger partial charge in [0.25, 0.3) is 0 Å². The highest BCUT2D eigenvalue weighted by atomic mass is 32.3. The van der Waals surface area contributed by atoms with Crippen LogP contribution >= 0.6 is 28.5 Å². The van der Waals surface area contributed by atoms with Crippen molar-refractivity contribution in [2.24, 2.45) is 0 Å². The lowest BCUT2D eigenvalue weighted by Crippen LogP contribution is -2.20. The van der Waals surface area contributed by atoms with Crippen LogP contribution in [0.4, 0.5) is 4.20 Å². The maximum atomic E-state index is 17.2. The Bertz CT molecular complexity index is 713. The van der Waals surface area contributed by atoms with E-state index < -0.39 is 28.5 Å². The normalized spacial score (nSPS) is 13.3. The standard InChI is InChI=1S/C46H98FO3PS2/c1-7-13-19-25-27-33-39-45-52(41-35-29-21-15-9-3,42-36-30-22-16-10-4)49-51(47,48)50-53(43-37-31-23-17-11-5,44-38-32-24-18-12-6)46-40-34-28-26-20-14-8-2/h7-46H2,1-6H3. The zero-order valence-electron chi connectivity index (χ0n) is 37.2. The number of rotatable bonds is 44. The molecule has 0 radical (unpaired) electrons. The maximum absolute atomic E-state index is 17.2. The Kier molecular flexibility index (Phi) is 38.9. The number of hydrogen-bond acceptors (Lipinski definition) is 3. The molecule has 0 saturated carbocycles. The van der Waals surface area contributed by atoms with E-state index in [2.05, 4.69) is 41.5 Å². The predicted molar refractivity (Wildman–Crippen MR) is 246 cm³/mol. The lowest BCUT2D eigenvalue weighted by molar-refractivity contribution is 0.363. The second-order valence-corrected chi connectivity index (χ2v) is 25.0. The molecule has 7 heteroatoms. The summed E-state index contributed by atoms with van der Waals surface area (Å²) in [5.41, 5.74) is 0. The van der Waals surface area contributed by atoms with Gasteiger partial charge in [0.1, 0.15) is 0 Å². The molecule has 0 bridgehead atoms. The lowest BCUT2D eigenvalue weighted by atomic mass is 10.1. The van der Waals surface area contributed by atoms with Gasteiger partial charge in [-0.2, -0.15) is 0 Å². The monoisotopic (exact) mass is 813 g/mol. The van der Waals surface area contributed by atoms with Crippen LogP contribution in [0.15, 0.2) is 0 Å². The molecule has 0 aromatic heterocycles. The van der Waals surface area contributed by atoms with Crippen LogP contribution in [-0.2, 0) is 12.5 Å². The van der Waals surface area contributed by atoms with Gasteiger partial charge in [-0.3, -0.25) is 0 Å². The zero-order chi connectivity index (χ0) is 39.2. The van der Waals surface area contributed by atoms with Gasteiger partial charge in [-0.05, 0) is 73.0 Å². The Morgan fingerprint density at radius 2 is 0.453 bits per heavy atom. The van der Waals surface area contributed by atoms with Crippen molar-refractivity contribution in [3.63, 3.8) is 0 Å². The molecule has 0 saturated heterocycles. The zero-order valence-corrected chi connectivity index (χ0v) is 39.7. The van der Waals surface area contributed by atoms with E-state index in [0.29, 0.717) is 0 Å². The summed E-state index contributed by atoms with van der Waals surface area (Å²) in [6.45, 7) is 13.6. The molecule has 0 amide bonds. The van der Waals surface area contributed by atoms with Gasteiger partial charge < -0.3 is 0 Å². The predicted octanol–water partition coefficient (Wildman–Crippen LogP) is 18.9. The van der Waals surface area contributed by atoms with E-state index in [1.54, 1.807) is 0 Å². The molecule has 0 N–H and O–H groups in total. The molecule has 3 nitrogen and oxygen atoms in total. The number of hydrogen-bond donors (Lipinski definition) is 0. The summed E-state index contributed by atoms with van der Waals surface area (Å²) in [5.74, 6) is 5.37. The van der Waals surface area contributed by atoms with E-state index >= 15 is 4.20 Å². The Morgan fingerprint density at radius 3 is 0.623 bits per heavy atom. The van der Waals surface area contributed by atoms with Crippen LogP contribution in [0.3, 0.4) is 0 Å². The van der Waals surface area contributed by atoms with Crippen LogP contribution in [0.1, 0.15) is 260 Å². The average molecular weight is 813 g/mol. The molecule has 0 spiro atoms. The first-order valence-corrected chi connectivity index (χ1v) is 29.6. The van der Waals surface area contributed by atoms with Crippen LogP contribution in [0.2, 0.25) is 0 Å². The molecule has 324 valence electrons. The molecule has 0 aromatic rings. The molecule has 53 heavy (non-hydrogen) atoms. The SMILES string of the molecule is CCCCCCCCCS(CCCCCCC)(CCCCCCC)OP(=O)(F)OS(CCCCCCC)(CCCCCCC)CCCCCCCCC. The van der Waals surface area contributed by atoms with Gasteiger partial charge in [0, 0.05) is 0 Å². The van der Waals surface area contributed by atoms with E-state index in [-0.39, 0.29) is 0 Å². The third-order valence-electron chi connectivity index (χ3n) is 11.2. The minimum atomic E-state index is -4.75. The Hall–Kier alpha value is 0.780. The average Bonchev–Trinajstić information content (AvgIpc) is 3.13. The molecule has 0 rings (SSSR count). The quantitative estimate of drug-likeness (QED) is 0.0454. The molecule has 0 heterocycles. The van der Waals surface area contributed by atoms with Crippen molar-refractivity contribution in [1.29, 1.82) is 0 Å². The van der Waals surface area contributed by atoms with Crippen molar-refractivity contribution in [3.8, 4) is 0 Å². The molecule has 0 atom stereocenters. The molecule has 0 aliphatic heterocycles. The Balaban J connectivity index is 6.33. The van der Waals surface area contributed by atoms with Crippen LogP contribution in [0.5, 0.6) is 0 Å². The fourth-order valence-electron chi connectivity index (χ4n) is 7.75. The minimum absolute atomic E-state index is 0.895. The summed E-state index contributed by atoms with van der Waals surface area (Å²) < 4.78 is 45.1. The summed E-state index contributed by atoms with van der Waals surface area (Å²) in [6, 6.07) is 0. The van der Waals surface area contributed by atoms with Gasteiger partial charge in [0.15, 0.2) is 0 Å². The second-order valence-electron chi connectivity index (χ2n) is 16.6. The molecule has 0 aliphatic rings. The molecular formula is C46H98FO3PS2. The van der Waals surface area contributed by atoms with Crippen LogP contribution in [0, 0.1) is 0 Å². The molecule has 0 aliphatic carbocycles. The van der Waals surface area contributed by atoms with Crippen molar-refractivity contribution in [2.75, 3.05) is 34.5 Å². The van der Waals surface area contributed by atoms with E-state index in [1.165, 1.54) is 180 Å². The summed E-state index contributed by atoms with van der Waals surface area (Å²) >= 11 is 0. The van der Waals surface area contributed by atoms with Crippen LogP contribution in [-0.4, -0.2) is 34.5 Å². The molecule has 0 aromatic carbocycles. The highest BCUT2D eigenvalue weighted by molar-refractivity contribution is 8.33. The van der Waals surface area contributed by atoms with E-state index in [0.717, 1.165) is 73.0 Å². The number of unbranched alkanes of at least 4 members (excludes halogenated alkanes) is 28. The second kappa shape index (κ2) is 38.3. The Labute approximate surface area is 338 Å².